The molecular formula is C8H6F3NO3. The Labute approximate surface area is 81.4 Å². The average molecular weight is 221 g/mol. The van der Waals surface area contributed by atoms with Crippen molar-refractivity contribution < 1.29 is 23.1 Å². The summed E-state index contributed by atoms with van der Waals surface area (Å²) in [5.74, 6) is -1.30. The fourth-order valence-electron chi connectivity index (χ4n) is 1.03. The molecule has 7 heteroatoms. The lowest BCUT2D eigenvalue weighted by molar-refractivity contribution is -0.141. The van der Waals surface area contributed by atoms with Crippen molar-refractivity contribution in [1.29, 1.82) is 0 Å². The summed E-state index contributed by atoms with van der Waals surface area (Å²) in [6.07, 6.45) is -5.30. The van der Waals surface area contributed by atoms with Crippen LogP contribution in [0.1, 0.15) is 11.3 Å². The molecule has 0 saturated heterocycles. The Morgan fingerprint density at radius 1 is 1.40 bits per heavy atom. The minimum absolute atomic E-state index is 0.182. The highest BCUT2D eigenvalue weighted by atomic mass is 19.4. The molecule has 0 saturated carbocycles. The maximum atomic E-state index is 12.2. The number of carboxylic acid groups (broad SMARTS) is 1. The molecule has 1 rings (SSSR count). The van der Waals surface area contributed by atoms with Gasteiger partial charge >= 0.3 is 12.1 Å². The Balaban J connectivity index is 3.17. The molecule has 0 aliphatic carbocycles. The van der Waals surface area contributed by atoms with Gasteiger partial charge in [0, 0.05) is 6.07 Å². The van der Waals surface area contributed by atoms with Crippen LogP contribution in [-0.4, -0.2) is 16.1 Å². The van der Waals surface area contributed by atoms with Crippen molar-refractivity contribution in [3.8, 4) is 0 Å². The molecule has 2 N–H and O–H groups in total. The van der Waals surface area contributed by atoms with Gasteiger partial charge in [0.1, 0.15) is 5.69 Å². The van der Waals surface area contributed by atoms with Gasteiger partial charge in [-0.25, -0.2) is 0 Å². The molecule has 0 fully saturated rings. The van der Waals surface area contributed by atoms with E-state index < -0.39 is 29.8 Å². The second-order valence-corrected chi connectivity index (χ2v) is 2.83. The molecule has 0 amide bonds. The minimum atomic E-state index is -4.69. The Hall–Kier alpha value is -1.79. The number of hydrogen-bond acceptors (Lipinski definition) is 2. The smallest absolute Gasteiger partial charge is 0.431 e. The van der Waals surface area contributed by atoms with Crippen LogP contribution in [0.15, 0.2) is 16.9 Å². The molecule has 0 aliphatic rings. The lowest BCUT2D eigenvalue weighted by Gasteiger charge is -2.06. The predicted octanol–water partition coefficient (Wildman–Crippen LogP) is 1.02. The number of hydrogen-bond donors (Lipinski definition) is 2. The second-order valence-electron chi connectivity index (χ2n) is 2.83. The Kier molecular flexibility index (Phi) is 2.83. The molecule has 1 heterocycles. The van der Waals surface area contributed by atoms with Crippen molar-refractivity contribution in [2.45, 2.75) is 12.6 Å². The van der Waals surface area contributed by atoms with Gasteiger partial charge < -0.3 is 10.1 Å². The molecule has 0 atom stereocenters. The van der Waals surface area contributed by atoms with Crippen molar-refractivity contribution in [2.24, 2.45) is 0 Å². The van der Waals surface area contributed by atoms with Crippen molar-refractivity contribution >= 4 is 5.97 Å². The maximum absolute atomic E-state index is 12.2. The van der Waals surface area contributed by atoms with Gasteiger partial charge in [-0.1, -0.05) is 0 Å². The van der Waals surface area contributed by atoms with Gasteiger partial charge in [0.25, 0.3) is 0 Å². The number of H-pyrrole nitrogens is 1. The van der Waals surface area contributed by atoms with E-state index in [1.807, 2.05) is 0 Å². The summed E-state index contributed by atoms with van der Waals surface area (Å²) in [5.41, 5.74) is -2.40. The molecule has 15 heavy (non-hydrogen) atoms. The van der Waals surface area contributed by atoms with Crippen LogP contribution in [0.3, 0.4) is 0 Å². The van der Waals surface area contributed by atoms with E-state index in [9.17, 15) is 22.8 Å². The van der Waals surface area contributed by atoms with Gasteiger partial charge in [-0.15, -0.1) is 0 Å². The maximum Gasteiger partial charge on any atom is 0.431 e. The number of nitrogens with one attached hydrogen (secondary N) is 1. The first-order valence-electron chi connectivity index (χ1n) is 3.81. The molecule has 0 spiro atoms. The van der Waals surface area contributed by atoms with Crippen LogP contribution in [0.2, 0.25) is 0 Å². The largest absolute Gasteiger partial charge is 0.481 e. The topological polar surface area (TPSA) is 70.2 Å². The number of pyridine rings is 1. The van der Waals surface area contributed by atoms with E-state index in [0.29, 0.717) is 6.07 Å². The van der Waals surface area contributed by atoms with E-state index in [1.165, 1.54) is 0 Å². The third-order valence-electron chi connectivity index (χ3n) is 1.56. The standard InChI is InChI=1S/C8H6F3NO3/c9-8(10,11)5-1-4(3-7(14)15)2-6(13)12-5/h1-2H,3H2,(H,12,13)(H,14,15). The first kappa shape index (κ1) is 11.3. The zero-order valence-corrected chi connectivity index (χ0v) is 7.26. The third kappa shape index (κ3) is 3.12. The number of carboxylic acids is 1. The van der Waals surface area contributed by atoms with Gasteiger partial charge in [-0.05, 0) is 11.6 Å². The van der Waals surface area contributed by atoms with E-state index in [1.54, 1.807) is 4.98 Å². The molecule has 4 nitrogen and oxygen atoms in total. The van der Waals surface area contributed by atoms with E-state index in [4.69, 9.17) is 5.11 Å². The highest BCUT2D eigenvalue weighted by molar-refractivity contribution is 5.70. The molecular weight excluding hydrogens is 215 g/mol. The molecule has 0 aromatic carbocycles. The predicted molar refractivity (Wildman–Crippen MR) is 43.4 cm³/mol. The number of aromatic nitrogens is 1. The highest BCUT2D eigenvalue weighted by Gasteiger charge is 2.32. The minimum Gasteiger partial charge on any atom is -0.481 e. The van der Waals surface area contributed by atoms with Crippen molar-refractivity contribution in [3.05, 3.63) is 33.7 Å². The fraction of sp³-hybridized carbons (Fsp3) is 0.250. The molecule has 0 unspecified atom stereocenters. The molecule has 82 valence electrons. The number of rotatable bonds is 2. The third-order valence-corrected chi connectivity index (χ3v) is 1.56. The Bertz CT molecular complexity index is 435. The molecule has 0 bridgehead atoms. The molecule has 0 radical (unpaired) electrons. The first-order valence-corrected chi connectivity index (χ1v) is 3.81. The normalized spacial score (nSPS) is 11.4. The highest BCUT2D eigenvalue weighted by Crippen LogP contribution is 2.27. The molecule has 1 aromatic heterocycles. The summed E-state index contributed by atoms with van der Waals surface area (Å²) in [4.78, 5) is 22.6. The van der Waals surface area contributed by atoms with Crippen LogP contribution in [0.5, 0.6) is 0 Å². The average Bonchev–Trinajstić information content (AvgIpc) is 1.99. The van der Waals surface area contributed by atoms with Crippen molar-refractivity contribution in [1.82, 2.24) is 4.98 Å². The Morgan fingerprint density at radius 2 is 2.00 bits per heavy atom. The number of aliphatic carboxylic acids is 1. The van der Waals surface area contributed by atoms with Crippen molar-refractivity contribution in [3.63, 3.8) is 0 Å². The number of aromatic amines is 1. The first-order chi connectivity index (χ1) is 6.79. The number of carbonyl (C=O) groups is 1. The van der Waals surface area contributed by atoms with Crippen LogP contribution < -0.4 is 5.56 Å². The zero-order valence-electron chi connectivity index (χ0n) is 7.26. The summed E-state index contributed by atoms with van der Waals surface area (Å²) < 4.78 is 36.5. The van der Waals surface area contributed by atoms with Crippen LogP contribution >= 0.6 is 0 Å². The number of alkyl halides is 3. The van der Waals surface area contributed by atoms with Crippen LogP contribution in [0.4, 0.5) is 13.2 Å². The molecule has 1 aromatic rings. The van der Waals surface area contributed by atoms with Crippen LogP contribution in [0, 0.1) is 0 Å². The summed E-state index contributed by atoms with van der Waals surface area (Å²) in [6, 6.07) is 1.43. The van der Waals surface area contributed by atoms with E-state index in [-0.39, 0.29) is 5.56 Å². The molecule has 0 aliphatic heterocycles. The zero-order chi connectivity index (χ0) is 11.6. The summed E-state index contributed by atoms with van der Waals surface area (Å²) >= 11 is 0. The van der Waals surface area contributed by atoms with E-state index in [2.05, 4.69) is 0 Å². The lowest BCUT2D eigenvalue weighted by Crippen LogP contribution is -2.17. The summed E-state index contributed by atoms with van der Waals surface area (Å²) in [6.45, 7) is 0. The van der Waals surface area contributed by atoms with Crippen molar-refractivity contribution in [2.75, 3.05) is 0 Å². The van der Waals surface area contributed by atoms with Crippen LogP contribution in [-0.2, 0) is 17.4 Å². The second kappa shape index (κ2) is 3.76. The van der Waals surface area contributed by atoms with Gasteiger partial charge in [0.05, 0.1) is 6.42 Å². The monoisotopic (exact) mass is 221 g/mol. The van der Waals surface area contributed by atoms with E-state index >= 15 is 0 Å². The summed E-state index contributed by atoms with van der Waals surface area (Å²) in [5, 5.41) is 8.36. The van der Waals surface area contributed by atoms with Gasteiger partial charge in [-0.3, -0.25) is 9.59 Å². The van der Waals surface area contributed by atoms with Gasteiger partial charge in [0.2, 0.25) is 5.56 Å². The fourth-order valence-corrected chi connectivity index (χ4v) is 1.03. The van der Waals surface area contributed by atoms with Gasteiger partial charge in [0.15, 0.2) is 0 Å². The summed E-state index contributed by atoms with van der Waals surface area (Å²) in [7, 11) is 0. The lowest BCUT2D eigenvalue weighted by atomic mass is 10.1. The van der Waals surface area contributed by atoms with Crippen LogP contribution in [0.25, 0.3) is 0 Å². The quantitative estimate of drug-likeness (QED) is 0.783. The Morgan fingerprint density at radius 3 is 2.47 bits per heavy atom. The number of halogens is 3. The van der Waals surface area contributed by atoms with E-state index in [0.717, 1.165) is 6.07 Å². The van der Waals surface area contributed by atoms with Gasteiger partial charge in [-0.2, -0.15) is 13.2 Å². The SMILES string of the molecule is O=C(O)Cc1cc(C(F)(F)F)[nH]c(=O)c1.